The van der Waals surface area contributed by atoms with Gasteiger partial charge >= 0.3 is 0 Å². The fourth-order valence-corrected chi connectivity index (χ4v) is 4.26. The Morgan fingerprint density at radius 1 is 0.593 bits per heavy atom. The Kier molecular flexibility index (Phi) is 3.51. The number of hydrogen-bond acceptors (Lipinski definition) is 1. The lowest BCUT2D eigenvalue weighted by molar-refractivity contribution is 0.104. The van der Waals surface area contributed by atoms with Gasteiger partial charge in [0.05, 0.1) is 0 Å². The van der Waals surface area contributed by atoms with E-state index in [9.17, 15) is 4.79 Å². The molecule has 0 spiro atoms. The summed E-state index contributed by atoms with van der Waals surface area (Å²) in [6, 6.07) is 27.1. The highest BCUT2D eigenvalue weighted by Crippen LogP contribution is 2.53. The molecule has 0 saturated carbocycles. The number of rotatable bonds is 2. The van der Waals surface area contributed by atoms with Crippen molar-refractivity contribution in [1.29, 1.82) is 0 Å². The van der Waals surface area contributed by atoms with Gasteiger partial charge in [0.2, 0.25) is 0 Å². The number of benzene rings is 2. The fraction of sp³-hybridized carbons (Fsp3) is 0.115. The van der Waals surface area contributed by atoms with Crippen LogP contribution in [0, 0.1) is 0 Å². The van der Waals surface area contributed by atoms with Crippen LogP contribution in [0.5, 0.6) is 0 Å². The Hall–Kier alpha value is -3.19. The maximum absolute atomic E-state index is 13.3. The van der Waals surface area contributed by atoms with E-state index in [1.165, 1.54) is 16.7 Å². The van der Waals surface area contributed by atoms with Gasteiger partial charge in [-0.05, 0) is 39.3 Å². The second kappa shape index (κ2) is 5.92. The third-order valence-corrected chi connectivity index (χ3v) is 5.59. The van der Waals surface area contributed by atoms with Crippen LogP contribution in [0.25, 0.3) is 33.4 Å². The van der Waals surface area contributed by atoms with Crippen LogP contribution in [-0.2, 0) is 0 Å². The van der Waals surface area contributed by atoms with Crippen LogP contribution in [0.3, 0.4) is 0 Å². The van der Waals surface area contributed by atoms with Gasteiger partial charge in [0.15, 0.2) is 5.78 Å². The van der Waals surface area contributed by atoms with Crippen molar-refractivity contribution in [2.24, 2.45) is 0 Å². The zero-order chi connectivity index (χ0) is 18.5. The van der Waals surface area contributed by atoms with Crippen molar-refractivity contribution in [1.82, 2.24) is 0 Å². The molecule has 0 amide bonds. The standard InChI is InChI=1S/C26H20O/c1-16(2)18-11-8-14-20-22(15-18)23(17-9-4-3-5-10-17)24-19-12-6-7-13-21(19)26(27)25(20)24/h3-16H,1-2H3. The molecule has 2 aromatic carbocycles. The maximum Gasteiger partial charge on any atom is 0.194 e. The average molecular weight is 348 g/mol. The van der Waals surface area contributed by atoms with E-state index in [4.69, 9.17) is 0 Å². The largest absolute Gasteiger partial charge is 0.289 e. The van der Waals surface area contributed by atoms with Crippen molar-refractivity contribution in [2.75, 3.05) is 0 Å². The minimum atomic E-state index is 0.144. The molecular formula is C26H20O. The Labute approximate surface area is 159 Å². The van der Waals surface area contributed by atoms with E-state index in [1.807, 2.05) is 24.3 Å². The first-order valence-electron chi connectivity index (χ1n) is 9.46. The Morgan fingerprint density at radius 3 is 2.00 bits per heavy atom. The quantitative estimate of drug-likeness (QED) is 0.343. The molecule has 0 N–H and O–H groups in total. The van der Waals surface area contributed by atoms with Gasteiger partial charge in [0, 0.05) is 16.7 Å². The van der Waals surface area contributed by atoms with Gasteiger partial charge in [-0.15, -0.1) is 0 Å². The molecule has 3 aliphatic rings. The second-order valence-corrected chi connectivity index (χ2v) is 7.52. The lowest BCUT2D eigenvalue weighted by Crippen LogP contribution is -1.95. The topological polar surface area (TPSA) is 17.1 Å². The molecule has 1 heteroatoms. The van der Waals surface area contributed by atoms with E-state index in [2.05, 4.69) is 68.4 Å². The van der Waals surface area contributed by atoms with Gasteiger partial charge in [-0.3, -0.25) is 4.79 Å². The number of hydrogen-bond donors (Lipinski definition) is 0. The summed E-state index contributed by atoms with van der Waals surface area (Å²) in [6.07, 6.45) is 0. The fourth-order valence-electron chi connectivity index (χ4n) is 4.26. The number of fused-ring (bicyclic) bond motifs is 5. The lowest BCUT2D eigenvalue weighted by Gasteiger charge is -2.09. The first kappa shape index (κ1) is 16.0. The summed E-state index contributed by atoms with van der Waals surface area (Å²) >= 11 is 0. The minimum Gasteiger partial charge on any atom is -0.289 e. The van der Waals surface area contributed by atoms with Crippen molar-refractivity contribution in [3.05, 3.63) is 95.6 Å². The third kappa shape index (κ3) is 2.28. The zero-order valence-electron chi connectivity index (χ0n) is 15.5. The summed E-state index contributed by atoms with van der Waals surface area (Å²) in [5.74, 6) is 0.571. The third-order valence-electron chi connectivity index (χ3n) is 5.59. The Morgan fingerprint density at radius 2 is 1.26 bits per heavy atom. The molecule has 0 aliphatic heterocycles. The highest BCUT2D eigenvalue weighted by molar-refractivity contribution is 6.29. The number of carbonyl (C=O) groups excluding carboxylic acids is 1. The van der Waals surface area contributed by atoms with Crippen molar-refractivity contribution in [3.63, 3.8) is 0 Å². The van der Waals surface area contributed by atoms with Gasteiger partial charge < -0.3 is 0 Å². The molecule has 0 bridgehead atoms. The predicted molar refractivity (Wildman–Crippen MR) is 111 cm³/mol. The predicted octanol–water partition coefficient (Wildman–Crippen LogP) is 6.79. The molecule has 3 aliphatic carbocycles. The number of ketones is 1. The molecule has 0 radical (unpaired) electrons. The number of carbonyl (C=O) groups is 1. The summed E-state index contributed by atoms with van der Waals surface area (Å²) in [4.78, 5) is 13.3. The lowest BCUT2D eigenvalue weighted by atomic mass is 9.94. The van der Waals surface area contributed by atoms with Gasteiger partial charge in [0.1, 0.15) is 0 Å². The summed E-state index contributed by atoms with van der Waals surface area (Å²) in [6.45, 7) is 4.42. The molecular weight excluding hydrogens is 328 g/mol. The zero-order valence-corrected chi connectivity index (χ0v) is 15.5. The maximum atomic E-state index is 13.3. The molecule has 0 saturated heterocycles. The second-order valence-electron chi connectivity index (χ2n) is 7.52. The highest BCUT2D eigenvalue weighted by atomic mass is 16.1. The molecule has 2 aromatic rings. The van der Waals surface area contributed by atoms with Crippen LogP contribution in [-0.4, -0.2) is 5.78 Å². The van der Waals surface area contributed by atoms with E-state index >= 15 is 0 Å². The van der Waals surface area contributed by atoms with E-state index in [1.54, 1.807) is 0 Å². The molecule has 5 rings (SSSR count). The normalized spacial score (nSPS) is 12.5. The molecule has 0 fully saturated rings. The highest BCUT2D eigenvalue weighted by Gasteiger charge is 2.36. The molecule has 0 aromatic heterocycles. The van der Waals surface area contributed by atoms with Gasteiger partial charge in [-0.2, -0.15) is 0 Å². The van der Waals surface area contributed by atoms with Crippen LogP contribution in [0.1, 0.15) is 41.3 Å². The van der Waals surface area contributed by atoms with Crippen LogP contribution in [0.15, 0.2) is 78.9 Å². The summed E-state index contributed by atoms with van der Waals surface area (Å²) in [7, 11) is 0. The van der Waals surface area contributed by atoms with Gasteiger partial charge in [-0.1, -0.05) is 92.7 Å². The monoisotopic (exact) mass is 348 g/mol. The van der Waals surface area contributed by atoms with Crippen molar-refractivity contribution in [2.45, 2.75) is 19.8 Å². The summed E-state index contributed by atoms with van der Waals surface area (Å²) in [5.41, 5.74) is 9.67. The van der Waals surface area contributed by atoms with Crippen LogP contribution in [0.4, 0.5) is 0 Å². The molecule has 1 nitrogen and oxygen atoms in total. The van der Waals surface area contributed by atoms with E-state index in [-0.39, 0.29) is 5.78 Å². The summed E-state index contributed by atoms with van der Waals surface area (Å²) < 4.78 is 0. The minimum absolute atomic E-state index is 0.144. The Balaban J connectivity index is 1.95. The smallest absolute Gasteiger partial charge is 0.194 e. The molecule has 27 heavy (non-hydrogen) atoms. The van der Waals surface area contributed by atoms with E-state index < -0.39 is 0 Å². The average Bonchev–Trinajstić information content (AvgIpc) is 3.04. The molecule has 0 unspecified atom stereocenters. The van der Waals surface area contributed by atoms with Crippen LogP contribution in [0.2, 0.25) is 0 Å². The summed E-state index contributed by atoms with van der Waals surface area (Å²) in [5, 5.41) is 0. The molecule has 0 atom stereocenters. The van der Waals surface area contributed by atoms with Crippen molar-refractivity contribution < 1.29 is 4.79 Å². The van der Waals surface area contributed by atoms with Gasteiger partial charge in [-0.25, -0.2) is 0 Å². The van der Waals surface area contributed by atoms with Crippen molar-refractivity contribution in [3.8, 4) is 33.4 Å². The molecule has 0 heterocycles. The Bertz CT molecular complexity index is 1150. The van der Waals surface area contributed by atoms with Gasteiger partial charge in [0.25, 0.3) is 0 Å². The van der Waals surface area contributed by atoms with E-state index in [0.29, 0.717) is 5.92 Å². The first-order valence-corrected chi connectivity index (χ1v) is 9.46. The van der Waals surface area contributed by atoms with Crippen LogP contribution < -0.4 is 0 Å². The van der Waals surface area contributed by atoms with E-state index in [0.717, 1.165) is 33.4 Å². The first-order chi connectivity index (χ1) is 13.2. The van der Waals surface area contributed by atoms with Crippen LogP contribution >= 0.6 is 0 Å². The molecule has 130 valence electrons. The van der Waals surface area contributed by atoms with Crippen molar-refractivity contribution >= 4 is 5.78 Å². The SMILES string of the molecule is CC(C)c1cccc2c3c(c(-c4ccccc4)c-2c1)-c1ccccc1C3=O.